The zero-order chi connectivity index (χ0) is 13.8. The molecule has 0 spiro atoms. The van der Waals surface area contributed by atoms with Crippen molar-refractivity contribution >= 4 is 23.5 Å². The van der Waals surface area contributed by atoms with E-state index in [1.807, 2.05) is 18.2 Å². The fourth-order valence-electron chi connectivity index (χ4n) is 1.70. The summed E-state index contributed by atoms with van der Waals surface area (Å²) in [6, 6.07) is 9.05. The molecule has 1 aromatic carbocycles. The monoisotopic (exact) mass is 261 g/mol. The van der Waals surface area contributed by atoms with Gasteiger partial charge in [0, 0.05) is 0 Å². The maximum Gasteiger partial charge on any atom is 0.412 e. The molecule has 2 rings (SSSR count). The van der Waals surface area contributed by atoms with Crippen molar-refractivity contribution in [2.24, 2.45) is 11.0 Å². The van der Waals surface area contributed by atoms with Gasteiger partial charge in [-0.2, -0.15) is 10.1 Å². The van der Waals surface area contributed by atoms with E-state index in [1.54, 1.807) is 26.0 Å². The Kier molecular flexibility index (Phi) is 3.79. The van der Waals surface area contributed by atoms with E-state index < -0.39 is 12.0 Å². The highest BCUT2D eigenvalue weighted by Crippen LogP contribution is 2.22. The molecule has 2 amide bonds. The van der Waals surface area contributed by atoms with E-state index >= 15 is 0 Å². The van der Waals surface area contributed by atoms with Crippen molar-refractivity contribution in [3.63, 3.8) is 0 Å². The van der Waals surface area contributed by atoms with Gasteiger partial charge in [-0.1, -0.05) is 18.2 Å². The van der Waals surface area contributed by atoms with Gasteiger partial charge in [0.15, 0.2) is 0 Å². The molecule has 1 aliphatic rings. The third-order valence-electron chi connectivity index (χ3n) is 2.70. The molecule has 1 N–H and O–H groups in total. The van der Waals surface area contributed by atoms with Gasteiger partial charge in [-0.05, 0) is 26.0 Å². The third kappa shape index (κ3) is 2.73. The Bertz CT molecular complexity index is 513. The number of hydrogen-bond donors (Lipinski definition) is 1. The molecule has 0 aromatic heterocycles. The highest BCUT2D eigenvalue weighted by molar-refractivity contribution is 6.17. The Morgan fingerprint density at radius 1 is 1.42 bits per heavy atom. The molecule has 1 heterocycles. The van der Waals surface area contributed by atoms with Gasteiger partial charge < -0.3 is 4.74 Å². The number of para-hydroxylation sites is 1. The summed E-state index contributed by atoms with van der Waals surface area (Å²) < 4.78 is 4.77. The number of hydrazone groups is 1. The third-order valence-corrected chi connectivity index (χ3v) is 2.70. The van der Waals surface area contributed by atoms with Crippen LogP contribution in [0.1, 0.15) is 13.8 Å². The summed E-state index contributed by atoms with van der Waals surface area (Å²) in [5.74, 6) is -0.380. The van der Waals surface area contributed by atoms with Gasteiger partial charge >= 0.3 is 6.09 Å². The number of carbonyl (C=O) groups excluding carboxylic acids is 2. The molecule has 0 aliphatic carbocycles. The average molecular weight is 261 g/mol. The Morgan fingerprint density at radius 2 is 2.11 bits per heavy atom. The average Bonchev–Trinajstić information content (AvgIpc) is 2.68. The smallest absolute Gasteiger partial charge is 0.412 e. The largest absolute Gasteiger partial charge is 0.450 e. The number of benzene rings is 1. The summed E-state index contributed by atoms with van der Waals surface area (Å²) in [5.41, 5.74) is 0.667. The number of carbonyl (C=O) groups is 2. The molecule has 6 nitrogen and oxygen atoms in total. The van der Waals surface area contributed by atoms with Crippen molar-refractivity contribution in [1.29, 1.82) is 0 Å². The first-order chi connectivity index (χ1) is 9.13. The zero-order valence-electron chi connectivity index (χ0n) is 10.8. The van der Waals surface area contributed by atoms with Crippen molar-refractivity contribution in [2.75, 3.05) is 11.6 Å². The number of nitrogens with one attached hydrogen (secondary N) is 1. The summed E-state index contributed by atoms with van der Waals surface area (Å²) in [6.07, 6.45) is -0.601. The molecule has 0 saturated heterocycles. The summed E-state index contributed by atoms with van der Waals surface area (Å²) in [5, 5.41) is 7.90. The minimum atomic E-state index is -0.601. The normalized spacial score (nSPS) is 18.2. The van der Waals surface area contributed by atoms with Crippen molar-refractivity contribution in [3.8, 4) is 0 Å². The number of hydrogen-bond acceptors (Lipinski definition) is 4. The molecule has 1 unspecified atom stereocenters. The van der Waals surface area contributed by atoms with Crippen LogP contribution in [0.25, 0.3) is 0 Å². The van der Waals surface area contributed by atoms with E-state index in [0.29, 0.717) is 11.5 Å². The minimum Gasteiger partial charge on any atom is -0.450 e. The van der Waals surface area contributed by atoms with Gasteiger partial charge in [0.2, 0.25) is 0 Å². The number of rotatable bonds is 2. The number of alkyl carbamates (subject to hydrolysis) is 1. The lowest BCUT2D eigenvalue weighted by molar-refractivity contribution is -0.119. The molecule has 1 aliphatic heterocycles. The SMILES string of the molecule is CCOC(=O)NC1=NN(c2ccccc2)C(=O)C1C. The van der Waals surface area contributed by atoms with Crippen LogP contribution in [0.15, 0.2) is 35.4 Å². The Labute approximate surface area is 111 Å². The van der Waals surface area contributed by atoms with E-state index in [1.165, 1.54) is 5.01 Å². The quantitative estimate of drug-likeness (QED) is 0.881. The molecule has 6 heteroatoms. The molecule has 100 valence electrons. The predicted molar refractivity (Wildman–Crippen MR) is 70.7 cm³/mol. The van der Waals surface area contributed by atoms with E-state index in [4.69, 9.17) is 4.74 Å². The van der Waals surface area contributed by atoms with Crippen molar-refractivity contribution in [1.82, 2.24) is 5.32 Å². The maximum atomic E-state index is 12.1. The number of amidine groups is 1. The standard InChI is InChI=1S/C13H15N3O3/c1-3-19-13(18)14-11-9(2)12(17)16(15-11)10-7-5-4-6-8-10/h4-9H,3H2,1-2H3,(H,14,15,18). The highest BCUT2D eigenvalue weighted by Gasteiger charge is 2.34. The molecular formula is C13H15N3O3. The molecule has 0 saturated carbocycles. The number of anilines is 1. The second-order valence-electron chi connectivity index (χ2n) is 4.04. The number of nitrogens with zero attached hydrogens (tertiary/aromatic N) is 2. The van der Waals surface area contributed by atoms with E-state index in [0.717, 1.165) is 0 Å². The van der Waals surface area contributed by atoms with E-state index in [2.05, 4.69) is 10.4 Å². The minimum absolute atomic E-state index is 0.182. The Balaban J connectivity index is 2.17. The van der Waals surface area contributed by atoms with Gasteiger partial charge in [-0.3, -0.25) is 10.1 Å². The topological polar surface area (TPSA) is 71.0 Å². The summed E-state index contributed by atoms with van der Waals surface area (Å²) in [4.78, 5) is 23.4. The van der Waals surface area contributed by atoms with Crippen molar-refractivity contribution in [3.05, 3.63) is 30.3 Å². The molecule has 0 radical (unpaired) electrons. The lowest BCUT2D eigenvalue weighted by Gasteiger charge is -2.11. The van der Waals surface area contributed by atoms with Crippen LogP contribution in [0.5, 0.6) is 0 Å². The van der Waals surface area contributed by atoms with Crippen molar-refractivity contribution in [2.45, 2.75) is 13.8 Å². The zero-order valence-corrected chi connectivity index (χ0v) is 10.8. The summed E-state index contributed by atoms with van der Waals surface area (Å²) in [6.45, 7) is 3.67. The summed E-state index contributed by atoms with van der Waals surface area (Å²) in [7, 11) is 0. The van der Waals surface area contributed by atoms with Gasteiger partial charge in [-0.15, -0.1) is 0 Å². The fraction of sp³-hybridized carbons (Fsp3) is 0.308. The van der Waals surface area contributed by atoms with Gasteiger partial charge in [0.05, 0.1) is 18.2 Å². The first kappa shape index (κ1) is 13.1. The second-order valence-corrected chi connectivity index (χ2v) is 4.04. The van der Waals surface area contributed by atoms with Crippen LogP contribution in [-0.2, 0) is 9.53 Å². The van der Waals surface area contributed by atoms with Gasteiger partial charge in [0.25, 0.3) is 5.91 Å². The first-order valence-electron chi connectivity index (χ1n) is 6.04. The van der Waals surface area contributed by atoms with Crippen LogP contribution in [0.3, 0.4) is 0 Å². The summed E-state index contributed by atoms with van der Waals surface area (Å²) >= 11 is 0. The maximum absolute atomic E-state index is 12.1. The van der Waals surface area contributed by atoms with Crippen molar-refractivity contribution < 1.29 is 14.3 Å². The molecule has 0 fully saturated rings. The van der Waals surface area contributed by atoms with Crippen LogP contribution in [0, 0.1) is 5.92 Å². The van der Waals surface area contributed by atoms with Crippen LogP contribution in [0.4, 0.5) is 10.5 Å². The predicted octanol–water partition coefficient (Wildman–Crippen LogP) is 1.73. The number of ether oxygens (including phenoxy) is 1. The Morgan fingerprint density at radius 3 is 2.74 bits per heavy atom. The molecule has 1 aromatic rings. The lowest BCUT2D eigenvalue weighted by atomic mass is 10.1. The van der Waals surface area contributed by atoms with Gasteiger partial charge in [0.1, 0.15) is 5.84 Å². The van der Waals surface area contributed by atoms with Crippen LogP contribution in [0.2, 0.25) is 0 Å². The molecular weight excluding hydrogens is 246 g/mol. The second kappa shape index (κ2) is 5.51. The van der Waals surface area contributed by atoms with Crippen LogP contribution < -0.4 is 10.3 Å². The highest BCUT2D eigenvalue weighted by atomic mass is 16.5. The Hall–Kier alpha value is -2.37. The van der Waals surface area contributed by atoms with Crippen LogP contribution in [-0.4, -0.2) is 24.4 Å². The van der Waals surface area contributed by atoms with E-state index in [-0.39, 0.29) is 12.5 Å². The van der Waals surface area contributed by atoms with Gasteiger partial charge in [-0.25, -0.2) is 4.79 Å². The lowest BCUT2D eigenvalue weighted by Crippen LogP contribution is -2.35. The molecule has 0 bridgehead atoms. The molecule has 19 heavy (non-hydrogen) atoms. The first-order valence-corrected chi connectivity index (χ1v) is 6.04. The van der Waals surface area contributed by atoms with E-state index in [9.17, 15) is 9.59 Å². The molecule has 1 atom stereocenters. The van der Waals surface area contributed by atoms with Crippen LogP contribution >= 0.6 is 0 Å². The fourth-order valence-corrected chi connectivity index (χ4v) is 1.70. The number of amides is 2.